The summed E-state index contributed by atoms with van der Waals surface area (Å²) in [7, 11) is -3.02. The van der Waals surface area contributed by atoms with E-state index >= 15 is 0 Å². The molecule has 1 fully saturated rings. The maximum absolute atomic E-state index is 12.0. The van der Waals surface area contributed by atoms with Crippen molar-refractivity contribution in [3.63, 3.8) is 0 Å². The molecule has 0 aromatic rings. The Morgan fingerprint density at radius 2 is 1.90 bits per heavy atom. The molecule has 0 spiro atoms. The van der Waals surface area contributed by atoms with E-state index in [9.17, 15) is 8.42 Å². The van der Waals surface area contributed by atoms with Gasteiger partial charge in [0.15, 0.2) is 0 Å². The second-order valence-corrected chi connectivity index (χ2v) is 8.23. The topological polar surface area (TPSA) is 75.4 Å². The lowest BCUT2D eigenvalue weighted by Crippen LogP contribution is -2.47. The van der Waals surface area contributed by atoms with Crippen molar-refractivity contribution in [1.29, 1.82) is 0 Å². The zero-order valence-electron chi connectivity index (χ0n) is 13.1. The van der Waals surface area contributed by atoms with Crippen molar-refractivity contribution in [3.05, 3.63) is 0 Å². The summed E-state index contributed by atoms with van der Waals surface area (Å²) in [5.74, 6) is 1.35. The molecule has 0 aromatic heterocycles. The lowest BCUT2D eigenvalue weighted by molar-refractivity contribution is 0.268. The third kappa shape index (κ3) is 5.31. The van der Waals surface area contributed by atoms with Crippen LogP contribution in [0.25, 0.3) is 0 Å². The molecule has 3 N–H and O–H groups in total. The van der Waals surface area contributed by atoms with Crippen LogP contribution in [0.15, 0.2) is 0 Å². The minimum absolute atomic E-state index is 0.272. The maximum Gasteiger partial charge on any atom is 0.214 e. The number of nitrogens with zero attached hydrogens (tertiary/aromatic N) is 1. The normalized spacial score (nSPS) is 20.4. The highest BCUT2D eigenvalue weighted by Crippen LogP contribution is 2.16. The van der Waals surface area contributed by atoms with Crippen molar-refractivity contribution in [1.82, 2.24) is 9.62 Å². The minimum atomic E-state index is -3.02. The van der Waals surface area contributed by atoms with Gasteiger partial charge in [-0.15, -0.1) is 0 Å². The molecule has 1 aliphatic heterocycles. The van der Waals surface area contributed by atoms with E-state index in [1.165, 1.54) is 0 Å². The van der Waals surface area contributed by atoms with E-state index in [1.807, 2.05) is 6.92 Å². The number of rotatable bonds is 8. The van der Waals surface area contributed by atoms with Crippen LogP contribution in [0.5, 0.6) is 0 Å². The molecule has 1 heterocycles. The van der Waals surface area contributed by atoms with Crippen LogP contribution in [-0.2, 0) is 10.0 Å². The van der Waals surface area contributed by atoms with E-state index in [4.69, 9.17) is 5.73 Å². The highest BCUT2D eigenvalue weighted by molar-refractivity contribution is 7.89. The van der Waals surface area contributed by atoms with Gasteiger partial charge in [0.1, 0.15) is 0 Å². The Morgan fingerprint density at radius 3 is 2.35 bits per heavy atom. The average molecular weight is 305 g/mol. The molecule has 1 rings (SSSR count). The van der Waals surface area contributed by atoms with Crippen molar-refractivity contribution in [2.75, 3.05) is 31.9 Å². The summed E-state index contributed by atoms with van der Waals surface area (Å²) in [5, 5.41) is 3.56. The Balaban J connectivity index is 2.36. The zero-order valence-corrected chi connectivity index (χ0v) is 14.0. The average Bonchev–Trinajstić information content (AvgIpc) is 2.39. The summed E-state index contributed by atoms with van der Waals surface area (Å²) in [6.45, 7) is 9.22. The standard InChI is InChI=1S/C14H31N3O2S/c1-4-9-20(18,19)17-7-5-14(6-8-17)16-11-13(10-15)12(2)3/h12-14,16H,4-11,15H2,1-3H3. The first-order valence-corrected chi connectivity index (χ1v) is 9.42. The number of sulfonamides is 1. The Kier molecular flexibility index (Phi) is 7.43. The fourth-order valence-corrected chi connectivity index (χ4v) is 4.18. The van der Waals surface area contributed by atoms with Gasteiger partial charge in [-0.3, -0.25) is 0 Å². The zero-order chi connectivity index (χ0) is 15.2. The molecule has 0 aliphatic carbocycles. The first-order chi connectivity index (χ1) is 9.40. The highest BCUT2D eigenvalue weighted by Gasteiger charge is 2.27. The van der Waals surface area contributed by atoms with E-state index in [0.29, 0.717) is 43.9 Å². The van der Waals surface area contributed by atoms with Crippen molar-refractivity contribution in [2.24, 2.45) is 17.6 Å². The van der Waals surface area contributed by atoms with E-state index < -0.39 is 10.0 Å². The third-order valence-corrected chi connectivity index (χ3v) is 6.30. The van der Waals surface area contributed by atoms with E-state index in [-0.39, 0.29) is 5.75 Å². The van der Waals surface area contributed by atoms with Crippen LogP contribution < -0.4 is 11.1 Å². The van der Waals surface area contributed by atoms with E-state index in [2.05, 4.69) is 19.2 Å². The van der Waals surface area contributed by atoms with Gasteiger partial charge >= 0.3 is 0 Å². The number of piperidine rings is 1. The van der Waals surface area contributed by atoms with Gasteiger partial charge in [-0.1, -0.05) is 20.8 Å². The second-order valence-electron chi connectivity index (χ2n) is 6.14. The van der Waals surface area contributed by atoms with Crippen LogP contribution in [0.3, 0.4) is 0 Å². The summed E-state index contributed by atoms with van der Waals surface area (Å²) < 4.78 is 25.6. The molecule has 0 amide bonds. The molecule has 0 aromatic carbocycles. The number of nitrogens with one attached hydrogen (secondary N) is 1. The van der Waals surface area contributed by atoms with Crippen molar-refractivity contribution in [2.45, 2.75) is 46.1 Å². The number of nitrogens with two attached hydrogens (primary N) is 1. The number of hydrogen-bond donors (Lipinski definition) is 2. The van der Waals surface area contributed by atoms with Gasteiger partial charge in [0, 0.05) is 19.1 Å². The van der Waals surface area contributed by atoms with Crippen LogP contribution in [0.2, 0.25) is 0 Å². The Labute approximate surface area is 124 Å². The summed E-state index contributed by atoms with van der Waals surface area (Å²) in [6.07, 6.45) is 2.49. The summed E-state index contributed by atoms with van der Waals surface area (Å²) in [4.78, 5) is 0. The summed E-state index contributed by atoms with van der Waals surface area (Å²) >= 11 is 0. The molecule has 1 unspecified atom stereocenters. The molecule has 6 heteroatoms. The van der Waals surface area contributed by atoms with Gasteiger partial charge < -0.3 is 11.1 Å². The fraction of sp³-hybridized carbons (Fsp3) is 1.00. The largest absolute Gasteiger partial charge is 0.330 e. The maximum atomic E-state index is 12.0. The molecular formula is C14H31N3O2S. The molecule has 20 heavy (non-hydrogen) atoms. The summed E-state index contributed by atoms with van der Waals surface area (Å²) in [6, 6.07) is 0.427. The second kappa shape index (κ2) is 8.32. The Bertz CT molecular complexity index is 363. The van der Waals surface area contributed by atoms with Gasteiger partial charge in [-0.2, -0.15) is 0 Å². The quantitative estimate of drug-likeness (QED) is 0.702. The van der Waals surface area contributed by atoms with Crippen LogP contribution in [0, 0.1) is 11.8 Å². The molecule has 1 saturated heterocycles. The highest BCUT2D eigenvalue weighted by atomic mass is 32.2. The van der Waals surface area contributed by atoms with E-state index in [0.717, 1.165) is 19.4 Å². The Hall–Kier alpha value is -0.170. The van der Waals surface area contributed by atoms with Gasteiger partial charge in [0.25, 0.3) is 0 Å². The smallest absolute Gasteiger partial charge is 0.214 e. The molecule has 0 bridgehead atoms. The van der Waals surface area contributed by atoms with Gasteiger partial charge in [0.2, 0.25) is 10.0 Å². The molecule has 1 atom stereocenters. The molecule has 1 aliphatic rings. The molecule has 0 saturated carbocycles. The predicted molar refractivity (Wildman–Crippen MR) is 84.1 cm³/mol. The van der Waals surface area contributed by atoms with Gasteiger partial charge in [-0.05, 0) is 44.2 Å². The van der Waals surface area contributed by atoms with Crippen LogP contribution in [0.4, 0.5) is 0 Å². The number of hydrogen-bond acceptors (Lipinski definition) is 4. The predicted octanol–water partition coefficient (Wildman–Crippen LogP) is 1.01. The Morgan fingerprint density at radius 1 is 1.30 bits per heavy atom. The van der Waals surface area contributed by atoms with Gasteiger partial charge in [-0.25, -0.2) is 12.7 Å². The first kappa shape index (κ1) is 17.9. The first-order valence-electron chi connectivity index (χ1n) is 7.82. The SMILES string of the molecule is CCCS(=O)(=O)N1CCC(NCC(CN)C(C)C)CC1. The van der Waals surface area contributed by atoms with Crippen molar-refractivity contribution >= 4 is 10.0 Å². The van der Waals surface area contributed by atoms with Crippen LogP contribution >= 0.6 is 0 Å². The third-order valence-electron chi connectivity index (χ3n) is 4.22. The van der Waals surface area contributed by atoms with Crippen molar-refractivity contribution < 1.29 is 8.42 Å². The minimum Gasteiger partial charge on any atom is -0.330 e. The molecule has 0 radical (unpaired) electrons. The van der Waals surface area contributed by atoms with Crippen molar-refractivity contribution in [3.8, 4) is 0 Å². The molecular weight excluding hydrogens is 274 g/mol. The monoisotopic (exact) mass is 305 g/mol. The lowest BCUT2D eigenvalue weighted by Gasteiger charge is -2.33. The fourth-order valence-electron chi connectivity index (χ4n) is 2.63. The van der Waals surface area contributed by atoms with Crippen LogP contribution in [-0.4, -0.2) is 50.7 Å². The lowest BCUT2D eigenvalue weighted by atomic mass is 9.95. The van der Waals surface area contributed by atoms with Crippen LogP contribution in [0.1, 0.15) is 40.0 Å². The van der Waals surface area contributed by atoms with Gasteiger partial charge in [0.05, 0.1) is 5.75 Å². The summed E-state index contributed by atoms with van der Waals surface area (Å²) in [5.41, 5.74) is 5.77. The molecule has 5 nitrogen and oxygen atoms in total. The van der Waals surface area contributed by atoms with E-state index in [1.54, 1.807) is 4.31 Å². The molecule has 120 valence electrons.